The summed E-state index contributed by atoms with van der Waals surface area (Å²) >= 11 is 0. The predicted octanol–water partition coefficient (Wildman–Crippen LogP) is 18.5. The maximum absolute atomic E-state index is 12.6. The third-order valence-electron chi connectivity index (χ3n) is 13.8. The van der Waals surface area contributed by atoms with E-state index in [1.165, 1.54) is 11.8 Å². The van der Waals surface area contributed by atoms with Gasteiger partial charge in [0.1, 0.15) is 51.7 Å². The molecule has 17 heteroatoms. The van der Waals surface area contributed by atoms with E-state index in [0.29, 0.717) is 47.3 Å². The fraction of sp³-hybridized carbons (Fsp3) is 0.377. The van der Waals surface area contributed by atoms with Gasteiger partial charge in [0, 0.05) is 29.9 Å². The third-order valence-corrected chi connectivity index (χ3v) is 13.8. The molecule has 3 heterocycles. The second kappa shape index (κ2) is 46.6. The summed E-state index contributed by atoms with van der Waals surface area (Å²) in [6.45, 7) is 20.0. The molecule has 518 valence electrons. The van der Waals surface area contributed by atoms with Crippen LogP contribution >= 0.6 is 0 Å². The van der Waals surface area contributed by atoms with Crippen molar-refractivity contribution in [1.82, 2.24) is 0 Å². The molecule has 94 heavy (non-hydrogen) atoms. The van der Waals surface area contributed by atoms with Crippen LogP contribution in [0.15, 0.2) is 159 Å². The molecule has 6 aromatic rings. The molecular formula is C77H109O17+. The van der Waals surface area contributed by atoms with Crippen LogP contribution in [0.25, 0.3) is 6.08 Å². The van der Waals surface area contributed by atoms with E-state index in [4.69, 9.17) is 47.4 Å². The van der Waals surface area contributed by atoms with E-state index in [-0.39, 0.29) is 140 Å². The monoisotopic (exact) mass is 1310 g/mol. The van der Waals surface area contributed by atoms with Crippen molar-refractivity contribution in [2.75, 3.05) is 28.4 Å². The topological polar surface area (TPSA) is 204 Å². The lowest BCUT2D eigenvalue weighted by molar-refractivity contribution is -0.139. The van der Waals surface area contributed by atoms with Gasteiger partial charge in [0.25, 0.3) is 0 Å². The van der Waals surface area contributed by atoms with Crippen LogP contribution in [0.2, 0.25) is 0 Å². The van der Waals surface area contributed by atoms with E-state index in [0.717, 1.165) is 64.0 Å². The minimum atomic E-state index is -0.528. The Hall–Kier alpha value is -9.48. The van der Waals surface area contributed by atoms with Crippen molar-refractivity contribution in [3.05, 3.63) is 193 Å². The molecule has 0 radical (unpaired) electrons. The predicted molar refractivity (Wildman–Crippen MR) is 380 cm³/mol. The molecule has 3 aliphatic rings. The molecular weight excluding hydrogens is 1200 g/mol. The SMILES string of the molecule is C.C.C.C.C.C.C.C.C=CC(=O)Oc1ccc2c(c1)CC(=O)O2.C=COC.C=Cc1ccc(OC)cc1.CCC(CC(C)C(=O)Oc1ccc2c(c1)CC(=O)O2)c1ccc(OC(C)OC)cc1.CCC(CC(C)C(=O)Oc1ccc2c(c1)CC(=O)O2)c1ccc(OC)cc1.[H+]. The number of ether oxygens (including phenoxy) is 11. The zero-order chi connectivity index (χ0) is 62.7. The first-order valence-corrected chi connectivity index (χ1v) is 28.0. The summed E-state index contributed by atoms with van der Waals surface area (Å²) in [5.74, 6) is 3.34. The van der Waals surface area contributed by atoms with Gasteiger partial charge in [-0.3, -0.25) is 24.0 Å². The van der Waals surface area contributed by atoms with Crippen molar-refractivity contribution in [3.63, 3.8) is 0 Å². The molecule has 0 N–H and O–H groups in total. The van der Waals surface area contributed by atoms with Crippen molar-refractivity contribution in [2.45, 2.75) is 157 Å². The number of hydrogen-bond acceptors (Lipinski definition) is 17. The quantitative estimate of drug-likeness (QED) is 0.0216. The van der Waals surface area contributed by atoms with E-state index >= 15 is 0 Å². The standard InChI is InChI=1S/C24H28O6.C22H24O5.C11H8O4.C9H10O.C3H6O.8CH4/c1-5-17(18-6-8-20(9-7-18)28-16(3)27-4)12-15(2)24(26)29-21-10-11-22-19(13-21)14-23(25)30-22;1-4-15(16-5-7-18(25-3)8-6-16)11-14(2)22(24)26-19-9-10-20-17(12-19)13-21(23)27-20;1-2-10(12)14-8-3-4-9-7(5-8)6-11(13)15-9;1-3-8-4-6-9(10-2)7-5-8;1-3-4-2;;;;;;;;/h6-11,13,15-17H,5,12,14H2,1-4H3;5-10,12,14-15H,4,11,13H2,1-3H3;2-5H,1,6H2;3-7H,1H2,2H3;3H,1H2,2H3;8*1H4/p+1. The third kappa shape index (κ3) is 28.6. The fourth-order valence-electron chi connectivity index (χ4n) is 8.90. The van der Waals surface area contributed by atoms with Crippen LogP contribution in [0.4, 0.5) is 0 Å². The number of rotatable bonds is 21. The van der Waals surface area contributed by atoms with Crippen LogP contribution < -0.4 is 42.6 Å². The normalized spacial score (nSPS) is 12.5. The van der Waals surface area contributed by atoms with Crippen LogP contribution in [0.3, 0.4) is 0 Å². The summed E-state index contributed by atoms with van der Waals surface area (Å²) in [5, 5.41) is 0. The van der Waals surface area contributed by atoms with E-state index < -0.39 is 5.97 Å². The van der Waals surface area contributed by atoms with Crippen molar-refractivity contribution >= 4 is 41.9 Å². The molecule has 0 aromatic heterocycles. The number of fused-ring (bicyclic) bond motifs is 3. The average Bonchev–Trinajstić information content (AvgIpc) is 1.75. The minimum Gasteiger partial charge on any atom is -0.505 e. The van der Waals surface area contributed by atoms with Gasteiger partial charge in [-0.25, -0.2) is 4.79 Å². The summed E-state index contributed by atoms with van der Waals surface area (Å²) in [5.41, 5.74) is 5.68. The Morgan fingerprint density at radius 2 is 0.798 bits per heavy atom. The number of carbonyl (C=O) groups excluding carboxylic acids is 6. The molecule has 3 aliphatic heterocycles. The van der Waals surface area contributed by atoms with Gasteiger partial charge in [-0.05, 0) is 152 Å². The van der Waals surface area contributed by atoms with Gasteiger partial charge in [-0.15, -0.1) is 0 Å². The molecule has 0 saturated carbocycles. The first-order chi connectivity index (χ1) is 41.3. The van der Waals surface area contributed by atoms with Gasteiger partial charge in [-0.2, -0.15) is 0 Å². The molecule has 0 bridgehead atoms. The lowest BCUT2D eigenvalue weighted by atomic mass is 9.87. The molecule has 0 spiro atoms. The number of esters is 6. The van der Waals surface area contributed by atoms with Crippen LogP contribution in [-0.2, 0) is 57.5 Å². The summed E-state index contributed by atoms with van der Waals surface area (Å²) < 4.78 is 56.2. The lowest BCUT2D eigenvalue weighted by Gasteiger charge is -2.20. The molecule has 17 nitrogen and oxygen atoms in total. The summed E-state index contributed by atoms with van der Waals surface area (Å²) in [6.07, 6.45) is 7.81. The van der Waals surface area contributed by atoms with Crippen LogP contribution in [-0.4, -0.2) is 70.5 Å². The van der Waals surface area contributed by atoms with Crippen LogP contribution in [0.1, 0.15) is 166 Å². The summed E-state index contributed by atoms with van der Waals surface area (Å²) in [6, 6.07) is 38.4. The number of carbonyl (C=O) groups is 6. The second-order valence-electron chi connectivity index (χ2n) is 19.9. The average molecular weight is 1310 g/mol. The fourth-order valence-corrected chi connectivity index (χ4v) is 8.90. The van der Waals surface area contributed by atoms with Crippen molar-refractivity contribution in [3.8, 4) is 51.7 Å². The smallest absolute Gasteiger partial charge is 0.505 e. The molecule has 0 amide bonds. The second-order valence-corrected chi connectivity index (χ2v) is 19.9. The van der Waals surface area contributed by atoms with E-state index in [2.05, 4.69) is 38.3 Å². The van der Waals surface area contributed by atoms with E-state index in [1.54, 1.807) is 89.1 Å². The first kappa shape index (κ1) is 90.9. The maximum atomic E-state index is 12.6. The zero-order valence-electron chi connectivity index (χ0n) is 51.3. The van der Waals surface area contributed by atoms with Crippen LogP contribution in [0, 0.1) is 11.8 Å². The molecule has 6 aromatic carbocycles. The highest BCUT2D eigenvalue weighted by Gasteiger charge is 2.27. The largest absolute Gasteiger partial charge is 1.00 e. The molecule has 0 aliphatic carbocycles. The minimum absolute atomic E-state index is 0. The number of benzene rings is 6. The highest BCUT2D eigenvalue weighted by atomic mass is 16.7. The Kier molecular flexibility index (Phi) is 45.0. The molecule has 0 saturated heterocycles. The van der Waals surface area contributed by atoms with Gasteiger partial charge in [0.2, 0.25) is 0 Å². The molecule has 9 rings (SSSR count). The van der Waals surface area contributed by atoms with Crippen molar-refractivity contribution in [1.29, 1.82) is 0 Å². The van der Waals surface area contributed by atoms with Gasteiger partial charge in [-0.1, -0.05) is 149 Å². The van der Waals surface area contributed by atoms with Crippen molar-refractivity contribution in [2.24, 2.45) is 11.8 Å². The Bertz CT molecular complexity index is 3270. The highest BCUT2D eigenvalue weighted by Crippen LogP contribution is 2.35. The number of methoxy groups -OCH3 is 4. The molecule has 5 unspecified atom stereocenters. The van der Waals surface area contributed by atoms with Crippen molar-refractivity contribution < 1.29 is 82.3 Å². The lowest BCUT2D eigenvalue weighted by Crippen LogP contribution is -2.20. The molecule has 0 fully saturated rings. The first-order valence-electron chi connectivity index (χ1n) is 28.0. The van der Waals surface area contributed by atoms with Gasteiger partial charge in [0.15, 0.2) is 6.29 Å². The van der Waals surface area contributed by atoms with Gasteiger partial charge in [0.05, 0.1) is 58.7 Å². The molecule has 5 atom stereocenters. The zero-order valence-corrected chi connectivity index (χ0v) is 50.3. The maximum Gasteiger partial charge on any atom is 1.00 e. The summed E-state index contributed by atoms with van der Waals surface area (Å²) in [4.78, 5) is 69.7. The highest BCUT2D eigenvalue weighted by molar-refractivity contribution is 5.85. The summed E-state index contributed by atoms with van der Waals surface area (Å²) in [7, 11) is 6.46. The Labute approximate surface area is 563 Å². The van der Waals surface area contributed by atoms with Crippen LogP contribution in [0.5, 0.6) is 51.7 Å². The van der Waals surface area contributed by atoms with Gasteiger partial charge >= 0.3 is 37.2 Å². The van der Waals surface area contributed by atoms with E-state index in [9.17, 15) is 28.8 Å². The Morgan fingerprint density at radius 1 is 0.479 bits per heavy atom. The Balaban J connectivity index is -0.000000381. The van der Waals surface area contributed by atoms with Gasteiger partial charge < -0.3 is 52.1 Å². The Morgan fingerprint density at radius 3 is 1.10 bits per heavy atom. The number of hydrogen-bond donors (Lipinski definition) is 0. The van der Waals surface area contributed by atoms with E-state index in [1.807, 2.05) is 93.6 Å².